The molecule has 0 atom stereocenters. The van der Waals surface area contributed by atoms with Crippen molar-refractivity contribution in [2.24, 2.45) is 0 Å². The zero-order valence-electron chi connectivity index (χ0n) is 10.8. The van der Waals surface area contributed by atoms with Gasteiger partial charge in [-0.3, -0.25) is 0 Å². The fourth-order valence-corrected chi connectivity index (χ4v) is 2.32. The van der Waals surface area contributed by atoms with E-state index in [1.54, 1.807) is 6.07 Å². The molecule has 0 aliphatic heterocycles. The van der Waals surface area contributed by atoms with Crippen LogP contribution in [0.3, 0.4) is 0 Å². The van der Waals surface area contributed by atoms with E-state index in [0.29, 0.717) is 21.5 Å². The van der Waals surface area contributed by atoms with Crippen LogP contribution in [0.5, 0.6) is 11.5 Å². The van der Waals surface area contributed by atoms with Crippen molar-refractivity contribution in [2.75, 3.05) is 7.11 Å². The molecular formula is C15H13IO4. The van der Waals surface area contributed by atoms with E-state index >= 15 is 0 Å². The molecule has 5 heteroatoms. The number of hydrogen-bond donors (Lipinski definition) is 1. The first-order valence-corrected chi connectivity index (χ1v) is 6.97. The minimum absolute atomic E-state index is 0.0817. The molecular weight excluding hydrogens is 371 g/mol. The summed E-state index contributed by atoms with van der Waals surface area (Å²) in [5.74, 6) is -0.230. The van der Waals surface area contributed by atoms with Crippen LogP contribution in [0, 0.1) is 3.57 Å². The van der Waals surface area contributed by atoms with Gasteiger partial charge in [0.2, 0.25) is 0 Å². The third-order valence-corrected chi connectivity index (χ3v) is 3.58. The molecule has 4 nitrogen and oxygen atoms in total. The summed E-state index contributed by atoms with van der Waals surface area (Å²) in [6.45, 7) is 0.349. The molecule has 0 unspecified atom stereocenters. The van der Waals surface area contributed by atoms with Gasteiger partial charge in [-0.25, -0.2) is 4.79 Å². The first-order valence-electron chi connectivity index (χ1n) is 5.89. The summed E-state index contributed by atoms with van der Waals surface area (Å²) in [5, 5.41) is 9.90. The summed E-state index contributed by atoms with van der Waals surface area (Å²) in [5.41, 5.74) is 1.32. The average Bonchev–Trinajstić information content (AvgIpc) is 2.48. The van der Waals surface area contributed by atoms with Gasteiger partial charge in [0.1, 0.15) is 6.61 Å². The second kappa shape index (κ2) is 6.60. The summed E-state index contributed by atoms with van der Waals surface area (Å²) >= 11 is 2.00. The van der Waals surface area contributed by atoms with Crippen LogP contribution in [-0.4, -0.2) is 18.2 Å². The van der Waals surface area contributed by atoms with Crippen LogP contribution in [0.15, 0.2) is 42.5 Å². The lowest BCUT2D eigenvalue weighted by atomic mass is 10.2. The Morgan fingerprint density at radius 2 is 1.95 bits per heavy atom. The van der Waals surface area contributed by atoms with Crippen molar-refractivity contribution in [3.8, 4) is 11.5 Å². The van der Waals surface area contributed by atoms with Gasteiger partial charge in [0, 0.05) is 3.57 Å². The number of carbonyl (C=O) groups is 1. The maximum absolute atomic E-state index is 11.5. The number of benzene rings is 2. The number of halogens is 1. The van der Waals surface area contributed by atoms with Crippen LogP contribution in [-0.2, 0) is 11.3 Å². The van der Waals surface area contributed by atoms with Crippen molar-refractivity contribution < 1.29 is 19.4 Å². The Hall–Kier alpha value is -1.76. The van der Waals surface area contributed by atoms with Gasteiger partial charge in [-0.15, -0.1) is 0 Å². The molecule has 0 aliphatic rings. The van der Waals surface area contributed by atoms with Crippen LogP contribution >= 0.6 is 22.6 Å². The van der Waals surface area contributed by atoms with E-state index in [2.05, 4.69) is 4.74 Å². The molecule has 0 bridgehead atoms. The van der Waals surface area contributed by atoms with Gasteiger partial charge in [-0.05, 0) is 40.3 Å². The van der Waals surface area contributed by atoms with Crippen LogP contribution in [0.1, 0.15) is 15.9 Å². The van der Waals surface area contributed by atoms with Gasteiger partial charge in [0.05, 0.1) is 12.7 Å². The van der Waals surface area contributed by atoms with Gasteiger partial charge in [-0.1, -0.05) is 30.3 Å². The number of carbonyl (C=O) groups excluding carboxylic acids is 1. The second-order valence-electron chi connectivity index (χ2n) is 4.07. The lowest BCUT2D eigenvalue weighted by molar-refractivity contribution is 0.0599. The molecule has 0 spiro atoms. The van der Waals surface area contributed by atoms with E-state index < -0.39 is 5.97 Å². The fraction of sp³-hybridized carbons (Fsp3) is 0.133. The molecule has 1 N–H and O–H groups in total. The van der Waals surface area contributed by atoms with Crippen molar-refractivity contribution in [2.45, 2.75) is 6.61 Å². The SMILES string of the molecule is COC(=O)c1cc(O)c(OCc2ccccc2)cc1I. The van der Waals surface area contributed by atoms with E-state index in [4.69, 9.17) is 4.74 Å². The lowest BCUT2D eigenvalue weighted by Gasteiger charge is -2.10. The number of rotatable bonds is 4. The van der Waals surface area contributed by atoms with Crippen LogP contribution in [0.2, 0.25) is 0 Å². The van der Waals surface area contributed by atoms with Gasteiger partial charge in [0.25, 0.3) is 0 Å². The van der Waals surface area contributed by atoms with Crippen LogP contribution in [0.25, 0.3) is 0 Å². The van der Waals surface area contributed by atoms with E-state index in [1.807, 2.05) is 52.9 Å². The minimum Gasteiger partial charge on any atom is -0.504 e. The summed E-state index contributed by atoms with van der Waals surface area (Å²) in [6, 6.07) is 12.6. The smallest absolute Gasteiger partial charge is 0.339 e. The highest BCUT2D eigenvalue weighted by molar-refractivity contribution is 14.1. The predicted molar refractivity (Wildman–Crippen MR) is 82.9 cm³/mol. The van der Waals surface area contributed by atoms with Crippen molar-refractivity contribution >= 4 is 28.6 Å². The Bertz CT molecular complexity index is 611. The molecule has 0 radical (unpaired) electrons. The second-order valence-corrected chi connectivity index (χ2v) is 5.23. The molecule has 2 rings (SSSR count). The quantitative estimate of drug-likeness (QED) is 0.649. The molecule has 20 heavy (non-hydrogen) atoms. The Morgan fingerprint density at radius 3 is 2.60 bits per heavy atom. The van der Waals surface area contributed by atoms with E-state index in [9.17, 15) is 9.90 Å². The molecule has 0 saturated carbocycles. The van der Waals surface area contributed by atoms with Crippen molar-refractivity contribution in [3.05, 3.63) is 57.2 Å². The zero-order valence-corrected chi connectivity index (χ0v) is 13.0. The third kappa shape index (κ3) is 3.41. The average molecular weight is 384 g/mol. The highest BCUT2D eigenvalue weighted by atomic mass is 127. The lowest BCUT2D eigenvalue weighted by Crippen LogP contribution is -2.04. The van der Waals surface area contributed by atoms with Crippen molar-refractivity contribution in [3.63, 3.8) is 0 Å². The number of methoxy groups -OCH3 is 1. The first-order chi connectivity index (χ1) is 9.61. The third-order valence-electron chi connectivity index (χ3n) is 2.69. The van der Waals surface area contributed by atoms with Crippen molar-refractivity contribution in [1.29, 1.82) is 0 Å². The topological polar surface area (TPSA) is 55.8 Å². The predicted octanol–water partition coefficient (Wildman–Crippen LogP) is 3.36. The Kier molecular flexibility index (Phi) is 4.84. The number of hydrogen-bond acceptors (Lipinski definition) is 4. The number of ether oxygens (including phenoxy) is 2. The van der Waals surface area contributed by atoms with E-state index in [0.717, 1.165) is 5.56 Å². The summed E-state index contributed by atoms with van der Waals surface area (Å²) < 4.78 is 10.9. The number of aromatic hydroxyl groups is 1. The maximum atomic E-state index is 11.5. The Morgan fingerprint density at radius 1 is 1.25 bits per heavy atom. The summed E-state index contributed by atoms with van der Waals surface area (Å²) in [6.07, 6.45) is 0. The molecule has 0 heterocycles. The molecule has 0 aliphatic carbocycles. The molecule has 0 amide bonds. The Labute approximate surface area is 130 Å². The Balaban J connectivity index is 2.17. The summed E-state index contributed by atoms with van der Waals surface area (Å²) in [7, 11) is 1.30. The number of esters is 1. The van der Waals surface area contributed by atoms with Crippen molar-refractivity contribution in [1.82, 2.24) is 0 Å². The molecule has 2 aromatic rings. The highest BCUT2D eigenvalue weighted by Gasteiger charge is 2.15. The fourth-order valence-electron chi connectivity index (χ4n) is 1.66. The maximum Gasteiger partial charge on any atom is 0.339 e. The number of phenolic OH excluding ortho intramolecular Hbond substituents is 1. The van der Waals surface area contributed by atoms with Gasteiger partial charge in [-0.2, -0.15) is 0 Å². The first kappa shape index (κ1) is 14.6. The van der Waals surface area contributed by atoms with E-state index in [-0.39, 0.29) is 5.75 Å². The largest absolute Gasteiger partial charge is 0.504 e. The van der Waals surface area contributed by atoms with Gasteiger partial charge in [0.15, 0.2) is 11.5 Å². The van der Waals surface area contributed by atoms with Gasteiger partial charge < -0.3 is 14.6 Å². The standard InChI is InChI=1S/C15H13IO4/c1-19-15(18)11-7-13(17)14(8-12(11)16)20-9-10-5-3-2-4-6-10/h2-8,17H,9H2,1H3. The molecule has 104 valence electrons. The van der Waals surface area contributed by atoms with Crippen LogP contribution < -0.4 is 4.74 Å². The molecule has 0 aromatic heterocycles. The molecule has 0 saturated heterocycles. The van der Waals surface area contributed by atoms with Crippen LogP contribution in [0.4, 0.5) is 0 Å². The highest BCUT2D eigenvalue weighted by Crippen LogP contribution is 2.31. The normalized spacial score (nSPS) is 10.1. The van der Waals surface area contributed by atoms with E-state index in [1.165, 1.54) is 13.2 Å². The monoisotopic (exact) mass is 384 g/mol. The molecule has 0 fully saturated rings. The summed E-state index contributed by atoms with van der Waals surface area (Å²) in [4.78, 5) is 11.5. The zero-order chi connectivity index (χ0) is 14.5. The minimum atomic E-state index is -0.487. The van der Waals surface area contributed by atoms with Gasteiger partial charge >= 0.3 is 5.97 Å². The molecule has 2 aromatic carbocycles. The number of phenols is 1.